The van der Waals surface area contributed by atoms with Crippen LogP contribution in [0.1, 0.15) is 40.6 Å². The van der Waals surface area contributed by atoms with E-state index in [1.807, 2.05) is 19.1 Å². The fraction of sp³-hybridized carbons (Fsp3) is 0.273. The summed E-state index contributed by atoms with van der Waals surface area (Å²) in [5.74, 6) is -0.428. The van der Waals surface area contributed by atoms with E-state index in [9.17, 15) is 19.5 Å². The molecule has 0 aliphatic carbocycles. The number of amides is 2. The van der Waals surface area contributed by atoms with E-state index >= 15 is 0 Å². The number of aromatic nitrogens is 2. The van der Waals surface area contributed by atoms with Gasteiger partial charge in [-0.3, -0.25) is 9.59 Å². The summed E-state index contributed by atoms with van der Waals surface area (Å²) in [7, 11) is 0. The van der Waals surface area contributed by atoms with E-state index in [-0.39, 0.29) is 18.7 Å². The van der Waals surface area contributed by atoms with E-state index in [0.29, 0.717) is 17.0 Å². The SMILES string of the molecule is Cc1ccc([C@H](CC(=O)O)NC(=O)Nc2cccn(Cc3c(C)noc3C)c2=O)cc1. The van der Waals surface area contributed by atoms with Gasteiger partial charge >= 0.3 is 12.0 Å². The number of carboxylic acid groups (broad SMARTS) is 1. The molecule has 0 aliphatic heterocycles. The number of carboxylic acids is 1. The van der Waals surface area contributed by atoms with Crippen LogP contribution in [0.4, 0.5) is 10.5 Å². The molecule has 0 unspecified atom stereocenters. The number of carbonyl (C=O) groups excluding carboxylic acids is 1. The Morgan fingerprint density at radius 3 is 2.48 bits per heavy atom. The average Bonchev–Trinajstić information content (AvgIpc) is 3.02. The monoisotopic (exact) mass is 424 g/mol. The summed E-state index contributed by atoms with van der Waals surface area (Å²) in [6.07, 6.45) is 1.32. The van der Waals surface area contributed by atoms with E-state index in [1.54, 1.807) is 38.2 Å². The van der Waals surface area contributed by atoms with E-state index in [2.05, 4.69) is 15.8 Å². The molecule has 3 aromatic rings. The number of hydrogen-bond acceptors (Lipinski definition) is 5. The van der Waals surface area contributed by atoms with Gasteiger partial charge in [-0.05, 0) is 38.5 Å². The van der Waals surface area contributed by atoms with Gasteiger partial charge in [0.1, 0.15) is 11.4 Å². The van der Waals surface area contributed by atoms with Gasteiger partial charge in [0.05, 0.1) is 24.7 Å². The maximum Gasteiger partial charge on any atom is 0.319 e. The lowest BCUT2D eigenvalue weighted by Gasteiger charge is -2.18. The van der Waals surface area contributed by atoms with Crippen molar-refractivity contribution in [3.05, 3.63) is 81.1 Å². The van der Waals surface area contributed by atoms with E-state index in [4.69, 9.17) is 4.52 Å². The first kappa shape index (κ1) is 21.8. The number of nitrogens with zero attached hydrogens (tertiary/aromatic N) is 2. The predicted molar refractivity (Wildman–Crippen MR) is 114 cm³/mol. The van der Waals surface area contributed by atoms with Crippen LogP contribution in [0.3, 0.4) is 0 Å². The molecule has 31 heavy (non-hydrogen) atoms. The van der Waals surface area contributed by atoms with Crippen molar-refractivity contribution in [2.45, 2.75) is 39.8 Å². The lowest BCUT2D eigenvalue weighted by molar-refractivity contribution is -0.137. The molecule has 1 aromatic carbocycles. The lowest BCUT2D eigenvalue weighted by atomic mass is 10.0. The summed E-state index contributed by atoms with van der Waals surface area (Å²) in [5, 5.41) is 18.3. The molecule has 2 heterocycles. The van der Waals surface area contributed by atoms with Crippen LogP contribution in [0, 0.1) is 20.8 Å². The molecule has 162 valence electrons. The molecule has 0 saturated carbocycles. The number of rotatable bonds is 7. The Hall–Kier alpha value is -3.88. The molecule has 1 atom stereocenters. The van der Waals surface area contributed by atoms with Crippen LogP contribution in [0.5, 0.6) is 0 Å². The number of aryl methyl sites for hydroxylation is 3. The average molecular weight is 424 g/mol. The van der Waals surface area contributed by atoms with Crippen LogP contribution in [-0.4, -0.2) is 26.8 Å². The summed E-state index contributed by atoms with van der Waals surface area (Å²) in [6.45, 7) is 5.73. The highest BCUT2D eigenvalue weighted by Crippen LogP contribution is 2.18. The topological polar surface area (TPSA) is 126 Å². The maximum atomic E-state index is 12.8. The smallest absolute Gasteiger partial charge is 0.319 e. The zero-order valence-electron chi connectivity index (χ0n) is 17.5. The molecule has 9 heteroatoms. The van der Waals surface area contributed by atoms with Crippen LogP contribution in [-0.2, 0) is 11.3 Å². The van der Waals surface area contributed by atoms with Crippen molar-refractivity contribution >= 4 is 17.7 Å². The van der Waals surface area contributed by atoms with Gasteiger partial charge in [-0.25, -0.2) is 4.79 Å². The van der Waals surface area contributed by atoms with Crippen molar-refractivity contribution in [3.63, 3.8) is 0 Å². The predicted octanol–water partition coefficient (Wildman–Crippen LogP) is 3.15. The molecular weight excluding hydrogens is 400 g/mol. The van der Waals surface area contributed by atoms with Crippen LogP contribution in [0.25, 0.3) is 0 Å². The van der Waals surface area contributed by atoms with Crippen molar-refractivity contribution in [3.8, 4) is 0 Å². The summed E-state index contributed by atoms with van der Waals surface area (Å²) in [6, 6.07) is 8.94. The third-order valence-corrected chi connectivity index (χ3v) is 4.94. The first-order chi connectivity index (χ1) is 14.7. The number of hydrogen-bond donors (Lipinski definition) is 3. The minimum absolute atomic E-state index is 0.0738. The van der Waals surface area contributed by atoms with Crippen LogP contribution >= 0.6 is 0 Å². The molecule has 0 radical (unpaired) electrons. The molecule has 2 aromatic heterocycles. The maximum absolute atomic E-state index is 12.8. The highest BCUT2D eigenvalue weighted by molar-refractivity contribution is 5.89. The van der Waals surface area contributed by atoms with Crippen molar-refractivity contribution in [1.29, 1.82) is 0 Å². The third-order valence-electron chi connectivity index (χ3n) is 4.94. The summed E-state index contributed by atoms with van der Waals surface area (Å²) >= 11 is 0. The third kappa shape index (κ3) is 5.39. The molecular formula is C22H24N4O5. The van der Waals surface area contributed by atoms with Gasteiger partial charge in [0.2, 0.25) is 0 Å². The summed E-state index contributed by atoms with van der Waals surface area (Å²) in [5.41, 5.74) is 2.84. The number of aliphatic carboxylic acids is 1. The zero-order valence-corrected chi connectivity index (χ0v) is 17.5. The molecule has 0 saturated heterocycles. The van der Waals surface area contributed by atoms with E-state index < -0.39 is 23.6 Å². The van der Waals surface area contributed by atoms with Crippen molar-refractivity contribution < 1.29 is 19.2 Å². The lowest BCUT2D eigenvalue weighted by Crippen LogP contribution is -2.36. The van der Waals surface area contributed by atoms with Gasteiger partial charge in [0, 0.05) is 11.8 Å². The number of urea groups is 1. The fourth-order valence-electron chi connectivity index (χ4n) is 3.20. The number of pyridine rings is 1. The molecule has 3 N–H and O–H groups in total. The van der Waals surface area contributed by atoms with Gasteiger partial charge in [-0.1, -0.05) is 35.0 Å². The molecule has 2 amide bonds. The first-order valence-electron chi connectivity index (χ1n) is 9.71. The second-order valence-electron chi connectivity index (χ2n) is 7.32. The Morgan fingerprint density at radius 2 is 1.87 bits per heavy atom. The number of carbonyl (C=O) groups is 2. The Balaban J connectivity index is 1.76. The molecule has 9 nitrogen and oxygen atoms in total. The Morgan fingerprint density at radius 1 is 1.16 bits per heavy atom. The van der Waals surface area contributed by atoms with Crippen LogP contribution in [0.2, 0.25) is 0 Å². The zero-order chi connectivity index (χ0) is 22.5. The summed E-state index contributed by atoms with van der Waals surface area (Å²) in [4.78, 5) is 36.6. The minimum atomic E-state index is -1.05. The highest BCUT2D eigenvalue weighted by Gasteiger charge is 2.19. The van der Waals surface area contributed by atoms with Crippen molar-refractivity contribution in [2.24, 2.45) is 0 Å². The quantitative estimate of drug-likeness (QED) is 0.535. The van der Waals surface area contributed by atoms with Gasteiger partial charge in [-0.2, -0.15) is 0 Å². The van der Waals surface area contributed by atoms with Gasteiger partial charge < -0.3 is 24.8 Å². The van der Waals surface area contributed by atoms with Crippen molar-refractivity contribution in [1.82, 2.24) is 15.0 Å². The number of anilines is 1. The molecule has 3 rings (SSSR count). The Bertz CT molecular complexity index is 1130. The van der Waals surface area contributed by atoms with E-state index in [0.717, 1.165) is 11.1 Å². The molecule has 0 aliphatic rings. The van der Waals surface area contributed by atoms with Crippen LogP contribution < -0.4 is 16.2 Å². The van der Waals surface area contributed by atoms with Gasteiger partial charge in [0.25, 0.3) is 5.56 Å². The molecule has 0 spiro atoms. The van der Waals surface area contributed by atoms with Gasteiger partial charge in [0.15, 0.2) is 0 Å². The van der Waals surface area contributed by atoms with E-state index in [1.165, 1.54) is 10.6 Å². The van der Waals surface area contributed by atoms with Crippen molar-refractivity contribution in [2.75, 3.05) is 5.32 Å². The second kappa shape index (κ2) is 9.29. The van der Waals surface area contributed by atoms with Gasteiger partial charge in [-0.15, -0.1) is 0 Å². The fourth-order valence-corrected chi connectivity index (χ4v) is 3.20. The summed E-state index contributed by atoms with van der Waals surface area (Å²) < 4.78 is 6.58. The Kier molecular flexibility index (Phi) is 6.54. The normalized spacial score (nSPS) is 11.7. The standard InChI is InChI=1S/C22H24N4O5/c1-13-6-8-16(9-7-13)19(11-20(27)28)24-22(30)23-18-5-4-10-26(21(18)29)12-17-14(2)25-31-15(17)3/h4-10,19H,11-12H2,1-3H3,(H,27,28)(H2,23,24,30)/t19-/m0/s1. The minimum Gasteiger partial charge on any atom is -0.481 e. The Labute approximate surface area is 178 Å². The van der Waals surface area contributed by atoms with Crippen LogP contribution in [0.15, 0.2) is 51.9 Å². The largest absolute Gasteiger partial charge is 0.481 e. The second-order valence-corrected chi connectivity index (χ2v) is 7.32. The molecule has 0 fully saturated rings. The first-order valence-corrected chi connectivity index (χ1v) is 9.71. The number of nitrogens with one attached hydrogen (secondary N) is 2. The number of benzene rings is 1. The highest BCUT2D eigenvalue weighted by atomic mass is 16.5. The molecule has 0 bridgehead atoms.